The summed E-state index contributed by atoms with van der Waals surface area (Å²) < 4.78 is 0. The Bertz CT molecular complexity index is 898. The van der Waals surface area contributed by atoms with Gasteiger partial charge in [-0.1, -0.05) is 24.3 Å². The minimum atomic E-state index is -0.357. The van der Waals surface area contributed by atoms with Crippen LogP contribution in [0.3, 0.4) is 0 Å². The molecule has 0 radical (unpaired) electrons. The van der Waals surface area contributed by atoms with Crippen LogP contribution in [0.2, 0.25) is 0 Å². The molecule has 0 amide bonds. The zero-order chi connectivity index (χ0) is 16.7. The minimum absolute atomic E-state index is 0.0188. The highest BCUT2D eigenvalue weighted by molar-refractivity contribution is 5.62. The predicted octanol–water partition coefficient (Wildman–Crippen LogP) is 4.29. The number of nitrogens with zero attached hydrogens (tertiary/aromatic N) is 2. The van der Waals surface area contributed by atoms with Crippen molar-refractivity contribution in [3.63, 3.8) is 0 Å². The van der Waals surface area contributed by atoms with Crippen LogP contribution in [0.1, 0.15) is 35.1 Å². The van der Waals surface area contributed by atoms with Gasteiger partial charge < -0.3 is 5.32 Å². The van der Waals surface area contributed by atoms with E-state index in [2.05, 4.69) is 23.5 Å². The average molecular weight is 317 g/mol. The van der Waals surface area contributed by atoms with Crippen molar-refractivity contribution < 1.29 is 4.92 Å². The van der Waals surface area contributed by atoms with Crippen molar-refractivity contribution in [3.05, 3.63) is 81.4 Å². The number of nitrogens with one attached hydrogen (secondary N) is 1. The molecule has 2 aromatic carbocycles. The van der Waals surface area contributed by atoms with E-state index in [0.717, 1.165) is 23.2 Å². The van der Waals surface area contributed by atoms with Crippen LogP contribution in [0.4, 0.5) is 11.4 Å². The van der Waals surface area contributed by atoms with Gasteiger partial charge in [-0.2, -0.15) is 5.26 Å². The van der Waals surface area contributed by atoms with Crippen molar-refractivity contribution in [1.29, 1.82) is 5.26 Å². The van der Waals surface area contributed by atoms with Crippen molar-refractivity contribution in [2.75, 3.05) is 5.32 Å². The molecule has 5 heteroatoms. The van der Waals surface area contributed by atoms with Crippen LogP contribution in [-0.2, 0) is 0 Å². The highest BCUT2D eigenvalue weighted by Gasteiger charge is 2.38. The Labute approximate surface area is 139 Å². The Morgan fingerprint density at radius 1 is 1.25 bits per heavy atom. The number of rotatable bonds is 2. The van der Waals surface area contributed by atoms with Gasteiger partial charge in [-0.25, -0.2) is 0 Å². The third kappa shape index (κ3) is 2.24. The lowest BCUT2D eigenvalue weighted by Gasteiger charge is -2.37. The third-order valence-electron chi connectivity index (χ3n) is 4.93. The standard InChI is InChI=1S/C19H15N3O2/c20-11-12-7-8-18-17(9-12)15-5-2-6-16(15)19(21-18)13-3-1-4-14(10-13)22(23)24/h1-5,7-10,15-16,19,21H,6H2. The van der Waals surface area contributed by atoms with Crippen LogP contribution in [-0.4, -0.2) is 4.92 Å². The highest BCUT2D eigenvalue weighted by atomic mass is 16.6. The lowest BCUT2D eigenvalue weighted by molar-refractivity contribution is -0.384. The summed E-state index contributed by atoms with van der Waals surface area (Å²) in [6.45, 7) is 0. The molecule has 0 bridgehead atoms. The van der Waals surface area contributed by atoms with E-state index in [-0.39, 0.29) is 22.6 Å². The fourth-order valence-electron chi connectivity index (χ4n) is 3.83. The van der Waals surface area contributed by atoms with E-state index in [0.29, 0.717) is 11.5 Å². The largest absolute Gasteiger partial charge is 0.378 e. The molecule has 0 fully saturated rings. The third-order valence-corrected chi connectivity index (χ3v) is 4.93. The maximum atomic E-state index is 11.1. The smallest absolute Gasteiger partial charge is 0.269 e. The first-order chi connectivity index (χ1) is 11.7. The first-order valence-corrected chi connectivity index (χ1v) is 7.89. The SMILES string of the molecule is N#Cc1ccc2c(c1)C1C=CCC1C(c1cccc([N+](=O)[O-])c1)N2. The number of fused-ring (bicyclic) bond motifs is 3. The molecule has 1 N–H and O–H groups in total. The summed E-state index contributed by atoms with van der Waals surface area (Å²) in [7, 11) is 0. The van der Waals surface area contributed by atoms with Gasteiger partial charge in [0.05, 0.1) is 22.6 Å². The van der Waals surface area contributed by atoms with Gasteiger partial charge in [-0.15, -0.1) is 0 Å². The van der Waals surface area contributed by atoms with Gasteiger partial charge in [0.1, 0.15) is 0 Å². The van der Waals surface area contributed by atoms with E-state index in [1.807, 2.05) is 18.2 Å². The van der Waals surface area contributed by atoms with E-state index < -0.39 is 0 Å². The van der Waals surface area contributed by atoms with E-state index in [1.165, 1.54) is 6.07 Å². The summed E-state index contributed by atoms with van der Waals surface area (Å²) in [6, 6.07) is 14.7. The summed E-state index contributed by atoms with van der Waals surface area (Å²) in [5.74, 6) is 0.534. The average Bonchev–Trinajstić information content (AvgIpc) is 3.10. The zero-order valence-electron chi connectivity index (χ0n) is 12.8. The number of anilines is 1. The second-order valence-corrected chi connectivity index (χ2v) is 6.24. The Balaban J connectivity index is 1.78. The first kappa shape index (κ1) is 14.5. The maximum absolute atomic E-state index is 11.1. The van der Waals surface area contributed by atoms with E-state index in [1.54, 1.807) is 18.2 Å². The number of nitro benzene ring substituents is 1. The molecule has 0 spiro atoms. The fraction of sp³-hybridized carbons (Fsp3) is 0.211. The Morgan fingerprint density at radius 2 is 2.12 bits per heavy atom. The molecule has 4 rings (SSSR count). The molecule has 0 saturated heterocycles. The molecule has 1 aliphatic heterocycles. The van der Waals surface area contributed by atoms with Gasteiger partial charge in [-0.05, 0) is 41.7 Å². The topological polar surface area (TPSA) is 79.0 Å². The Hall–Kier alpha value is -3.13. The number of hydrogen-bond donors (Lipinski definition) is 1. The van der Waals surface area contributed by atoms with Crippen LogP contribution >= 0.6 is 0 Å². The van der Waals surface area contributed by atoms with Gasteiger partial charge >= 0.3 is 0 Å². The second kappa shape index (κ2) is 5.50. The lowest BCUT2D eigenvalue weighted by Crippen LogP contribution is -2.29. The van der Waals surface area contributed by atoms with Crippen molar-refractivity contribution in [3.8, 4) is 6.07 Å². The summed E-state index contributed by atoms with van der Waals surface area (Å²) >= 11 is 0. The van der Waals surface area contributed by atoms with Gasteiger partial charge in [0.25, 0.3) is 5.69 Å². The van der Waals surface area contributed by atoms with Crippen molar-refractivity contribution >= 4 is 11.4 Å². The molecular formula is C19H15N3O2. The quantitative estimate of drug-likeness (QED) is 0.509. The van der Waals surface area contributed by atoms with E-state index in [4.69, 9.17) is 5.26 Å². The van der Waals surface area contributed by atoms with Gasteiger partial charge in [-0.3, -0.25) is 10.1 Å². The van der Waals surface area contributed by atoms with Crippen molar-refractivity contribution in [1.82, 2.24) is 0 Å². The van der Waals surface area contributed by atoms with Crippen LogP contribution in [0, 0.1) is 27.4 Å². The summed E-state index contributed by atoms with van der Waals surface area (Å²) in [5.41, 5.74) is 3.83. The molecule has 118 valence electrons. The second-order valence-electron chi connectivity index (χ2n) is 6.24. The number of non-ortho nitro benzene ring substituents is 1. The Kier molecular flexibility index (Phi) is 3.31. The van der Waals surface area contributed by atoms with E-state index >= 15 is 0 Å². The Morgan fingerprint density at radius 3 is 2.92 bits per heavy atom. The van der Waals surface area contributed by atoms with Crippen LogP contribution in [0.15, 0.2) is 54.6 Å². The van der Waals surface area contributed by atoms with Crippen LogP contribution in [0.25, 0.3) is 0 Å². The number of nitro groups is 1. The first-order valence-electron chi connectivity index (χ1n) is 7.89. The molecule has 1 heterocycles. The molecule has 24 heavy (non-hydrogen) atoms. The summed E-state index contributed by atoms with van der Waals surface area (Å²) in [5, 5.41) is 23.7. The molecule has 5 nitrogen and oxygen atoms in total. The van der Waals surface area contributed by atoms with Crippen LogP contribution in [0.5, 0.6) is 0 Å². The molecule has 1 aliphatic carbocycles. The van der Waals surface area contributed by atoms with E-state index in [9.17, 15) is 10.1 Å². The maximum Gasteiger partial charge on any atom is 0.269 e. The van der Waals surface area contributed by atoms with Crippen molar-refractivity contribution in [2.45, 2.75) is 18.4 Å². The molecule has 3 atom stereocenters. The van der Waals surface area contributed by atoms with Gasteiger partial charge in [0.15, 0.2) is 0 Å². The monoisotopic (exact) mass is 317 g/mol. The van der Waals surface area contributed by atoms with Crippen molar-refractivity contribution in [2.24, 2.45) is 5.92 Å². The normalized spacial score (nSPS) is 23.7. The van der Waals surface area contributed by atoms with Gasteiger partial charge in [0.2, 0.25) is 0 Å². The number of nitriles is 1. The minimum Gasteiger partial charge on any atom is -0.378 e. The summed E-state index contributed by atoms with van der Waals surface area (Å²) in [4.78, 5) is 10.7. The van der Waals surface area contributed by atoms with Crippen LogP contribution < -0.4 is 5.32 Å². The number of allylic oxidation sites excluding steroid dienone is 2. The highest BCUT2D eigenvalue weighted by Crippen LogP contribution is 2.50. The zero-order valence-corrected chi connectivity index (χ0v) is 12.8. The lowest BCUT2D eigenvalue weighted by atomic mass is 9.76. The fourth-order valence-corrected chi connectivity index (χ4v) is 3.83. The molecule has 2 aliphatic rings. The summed E-state index contributed by atoms with van der Waals surface area (Å²) in [6.07, 6.45) is 5.27. The molecule has 3 unspecified atom stereocenters. The molecule has 0 aromatic heterocycles. The molecule has 0 saturated carbocycles. The van der Waals surface area contributed by atoms with Gasteiger partial charge in [0, 0.05) is 23.7 Å². The molecular weight excluding hydrogens is 302 g/mol. The number of benzene rings is 2. The predicted molar refractivity (Wildman–Crippen MR) is 90.6 cm³/mol. The number of hydrogen-bond acceptors (Lipinski definition) is 4. The molecule has 2 aromatic rings.